The molecule has 3 rings (SSSR count). The molecule has 2 bridgehead atoms. The zero-order valence-corrected chi connectivity index (χ0v) is 18.2. The van der Waals surface area contributed by atoms with Crippen LogP contribution in [0.5, 0.6) is 0 Å². The van der Waals surface area contributed by atoms with Crippen LogP contribution in [0.15, 0.2) is 12.4 Å². The molecule has 1 aromatic heterocycles. The zero-order valence-electron chi connectivity index (χ0n) is 16.5. The molecule has 1 aromatic rings. The number of nitrogens with zero attached hydrogens (tertiary/aromatic N) is 3. The maximum Gasteiger partial charge on any atom is 0.241 e. The fourth-order valence-electron chi connectivity index (χ4n) is 3.95. The summed E-state index contributed by atoms with van der Waals surface area (Å²) in [6, 6.07) is 1.20. The lowest BCUT2D eigenvalue weighted by Gasteiger charge is -2.28. The van der Waals surface area contributed by atoms with Crippen molar-refractivity contribution in [3.05, 3.63) is 12.4 Å². The maximum absolute atomic E-state index is 12.3. The second-order valence-electron chi connectivity index (χ2n) is 7.81. The summed E-state index contributed by atoms with van der Waals surface area (Å²) in [5, 5.41) is 13.5. The van der Waals surface area contributed by atoms with Crippen molar-refractivity contribution in [3.63, 3.8) is 0 Å². The molecule has 2 fully saturated rings. The number of piperidine rings is 1. The van der Waals surface area contributed by atoms with Crippen LogP contribution in [-0.2, 0) is 16.1 Å². The molecular weight excluding hydrogens is 403 g/mol. The molecule has 3 N–H and O–H groups in total. The summed E-state index contributed by atoms with van der Waals surface area (Å²) in [4.78, 5) is 26.2. The van der Waals surface area contributed by atoms with Crippen molar-refractivity contribution in [3.8, 4) is 0 Å². The number of carbonyl (C=O) groups is 2. The van der Waals surface area contributed by atoms with E-state index in [1.807, 2.05) is 19.0 Å². The number of aromatic nitrogens is 2. The SMILES string of the molecule is CN(C)CCNC(=O)Cn1cc(NC(=O)CC2CC3CCC(C2)N3)cn1.Cl.Cl. The number of hydrogen-bond acceptors (Lipinski definition) is 5. The molecule has 10 heteroatoms. The molecule has 0 saturated carbocycles. The van der Waals surface area contributed by atoms with Gasteiger partial charge < -0.3 is 20.9 Å². The Hall–Kier alpha value is -1.35. The van der Waals surface area contributed by atoms with Gasteiger partial charge in [0.2, 0.25) is 11.8 Å². The third-order valence-electron chi connectivity index (χ3n) is 5.15. The third kappa shape index (κ3) is 7.58. The molecular formula is C18H32Cl2N6O2. The van der Waals surface area contributed by atoms with Gasteiger partial charge in [-0.3, -0.25) is 14.3 Å². The van der Waals surface area contributed by atoms with Crippen molar-refractivity contribution in [1.29, 1.82) is 0 Å². The van der Waals surface area contributed by atoms with Crippen LogP contribution in [0.1, 0.15) is 32.1 Å². The first-order valence-corrected chi connectivity index (χ1v) is 9.47. The quantitative estimate of drug-likeness (QED) is 0.572. The topological polar surface area (TPSA) is 91.3 Å². The number of anilines is 1. The molecule has 2 aliphatic heterocycles. The van der Waals surface area contributed by atoms with E-state index in [1.54, 1.807) is 17.1 Å². The Morgan fingerprint density at radius 3 is 2.54 bits per heavy atom. The molecule has 2 amide bonds. The molecule has 0 radical (unpaired) electrons. The molecule has 0 aromatic carbocycles. The normalized spacial score (nSPS) is 22.9. The highest BCUT2D eigenvalue weighted by molar-refractivity contribution is 5.90. The Labute approximate surface area is 179 Å². The predicted octanol–water partition coefficient (Wildman–Crippen LogP) is 1.26. The lowest BCUT2D eigenvalue weighted by atomic mass is 9.89. The smallest absolute Gasteiger partial charge is 0.241 e. The van der Waals surface area contributed by atoms with Crippen LogP contribution in [-0.4, -0.2) is 65.8 Å². The highest BCUT2D eigenvalue weighted by Gasteiger charge is 2.34. The summed E-state index contributed by atoms with van der Waals surface area (Å²) >= 11 is 0. The van der Waals surface area contributed by atoms with Crippen molar-refractivity contribution in [2.75, 3.05) is 32.5 Å². The van der Waals surface area contributed by atoms with Crippen molar-refractivity contribution in [2.24, 2.45) is 5.92 Å². The van der Waals surface area contributed by atoms with E-state index in [4.69, 9.17) is 0 Å². The Kier molecular flexibility index (Phi) is 10.2. The van der Waals surface area contributed by atoms with E-state index < -0.39 is 0 Å². The number of hydrogen-bond donors (Lipinski definition) is 3. The Morgan fingerprint density at radius 1 is 1.21 bits per heavy atom. The monoisotopic (exact) mass is 434 g/mol. The summed E-state index contributed by atoms with van der Waals surface area (Å²) in [7, 11) is 3.92. The van der Waals surface area contributed by atoms with Gasteiger partial charge >= 0.3 is 0 Å². The van der Waals surface area contributed by atoms with E-state index in [0.717, 1.165) is 19.4 Å². The van der Waals surface area contributed by atoms with Gasteiger partial charge in [-0.2, -0.15) is 5.10 Å². The van der Waals surface area contributed by atoms with Gasteiger partial charge in [0.05, 0.1) is 11.9 Å². The minimum atomic E-state index is -0.0852. The van der Waals surface area contributed by atoms with Crippen LogP contribution in [0.25, 0.3) is 0 Å². The van der Waals surface area contributed by atoms with E-state index in [2.05, 4.69) is 21.0 Å². The standard InChI is InChI=1S/C18H30N6O2.2ClH/c1-23(2)6-5-19-18(26)12-24-11-16(10-20-24)22-17(25)9-13-7-14-3-4-15(8-13)21-14;;/h10-11,13-15,21H,3-9,12H2,1-2H3,(H,19,26)(H,22,25);2*1H. The van der Waals surface area contributed by atoms with E-state index >= 15 is 0 Å². The minimum absolute atomic E-state index is 0. The lowest BCUT2D eigenvalue weighted by Crippen LogP contribution is -2.39. The van der Waals surface area contributed by atoms with Gasteiger partial charge in [0.25, 0.3) is 0 Å². The molecule has 0 spiro atoms. The number of likely N-dealkylation sites (N-methyl/N-ethyl adjacent to an activating group) is 1. The van der Waals surface area contributed by atoms with Gasteiger partial charge in [0.1, 0.15) is 6.54 Å². The molecule has 2 unspecified atom stereocenters. The summed E-state index contributed by atoms with van der Waals surface area (Å²) < 4.78 is 1.55. The molecule has 2 aliphatic rings. The van der Waals surface area contributed by atoms with Gasteiger partial charge in [-0.05, 0) is 45.7 Å². The average Bonchev–Trinajstić information content (AvgIpc) is 3.13. The van der Waals surface area contributed by atoms with Crippen molar-refractivity contribution >= 4 is 42.3 Å². The van der Waals surface area contributed by atoms with Crippen molar-refractivity contribution in [1.82, 2.24) is 25.3 Å². The summed E-state index contributed by atoms with van der Waals surface area (Å²) in [5.41, 5.74) is 0.646. The first-order valence-electron chi connectivity index (χ1n) is 9.47. The summed E-state index contributed by atoms with van der Waals surface area (Å²) in [6.45, 7) is 1.56. The molecule has 160 valence electrons. The van der Waals surface area contributed by atoms with Crippen LogP contribution >= 0.6 is 24.8 Å². The average molecular weight is 435 g/mol. The molecule has 2 atom stereocenters. The highest BCUT2D eigenvalue weighted by Crippen LogP contribution is 2.32. The maximum atomic E-state index is 12.3. The van der Waals surface area contributed by atoms with Crippen LogP contribution in [0.2, 0.25) is 0 Å². The lowest BCUT2D eigenvalue weighted by molar-refractivity contribution is -0.122. The number of rotatable bonds is 8. The van der Waals surface area contributed by atoms with Crippen LogP contribution < -0.4 is 16.0 Å². The Morgan fingerprint density at radius 2 is 1.89 bits per heavy atom. The molecule has 8 nitrogen and oxygen atoms in total. The van der Waals surface area contributed by atoms with Gasteiger partial charge in [-0.15, -0.1) is 24.8 Å². The van der Waals surface area contributed by atoms with Crippen molar-refractivity contribution < 1.29 is 9.59 Å². The third-order valence-corrected chi connectivity index (χ3v) is 5.15. The second-order valence-corrected chi connectivity index (χ2v) is 7.81. The summed E-state index contributed by atoms with van der Waals surface area (Å²) in [5.74, 6) is 0.413. The molecule has 0 aliphatic carbocycles. The van der Waals surface area contributed by atoms with E-state index in [0.29, 0.717) is 36.7 Å². The summed E-state index contributed by atoms with van der Waals surface area (Å²) in [6.07, 6.45) is 8.53. The molecule has 3 heterocycles. The van der Waals surface area contributed by atoms with Crippen LogP contribution in [0.3, 0.4) is 0 Å². The molecule has 2 saturated heterocycles. The fraction of sp³-hybridized carbons (Fsp3) is 0.722. The van der Waals surface area contributed by atoms with E-state index in [1.165, 1.54) is 12.8 Å². The minimum Gasteiger partial charge on any atom is -0.353 e. The number of nitrogens with one attached hydrogen (secondary N) is 3. The zero-order chi connectivity index (χ0) is 18.5. The number of carbonyl (C=O) groups excluding carboxylic acids is 2. The first kappa shape index (κ1) is 24.7. The highest BCUT2D eigenvalue weighted by atomic mass is 35.5. The van der Waals surface area contributed by atoms with Gasteiger partial charge in [0.15, 0.2) is 0 Å². The van der Waals surface area contributed by atoms with Crippen LogP contribution in [0.4, 0.5) is 5.69 Å². The largest absolute Gasteiger partial charge is 0.353 e. The fourth-order valence-corrected chi connectivity index (χ4v) is 3.95. The second kappa shape index (κ2) is 11.6. The predicted molar refractivity (Wildman–Crippen MR) is 114 cm³/mol. The van der Waals surface area contributed by atoms with Gasteiger partial charge in [-0.1, -0.05) is 0 Å². The van der Waals surface area contributed by atoms with E-state index in [9.17, 15) is 9.59 Å². The Bertz CT molecular complexity index is 627. The van der Waals surface area contributed by atoms with E-state index in [-0.39, 0.29) is 43.2 Å². The van der Waals surface area contributed by atoms with Crippen molar-refractivity contribution in [2.45, 2.75) is 50.7 Å². The molecule has 28 heavy (non-hydrogen) atoms. The number of fused-ring (bicyclic) bond motifs is 2. The Balaban J connectivity index is 0.00000196. The number of amides is 2. The number of halogens is 2. The first-order chi connectivity index (χ1) is 12.5. The van der Waals surface area contributed by atoms with Crippen LogP contribution in [0, 0.1) is 5.92 Å². The van der Waals surface area contributed by atoms with Gasteiger partial charge in [0, 0.05) is 37.8 Å². The van der Waals surface area contributed by atoms with Gasteiger partial charge in [-0.25, -0.2) is 0 Å².